The second-order valence-corrected chi connectivity index (χ2v) is 7.72. The predicted octanol–water partition coefficient (Wildman–Crippen LogP) is 4.17. The van der Waals surface area contributed by atoms with Gasteiger partial charge < -0.3 is 19.5 Å². The Morgan fingerprint density at radius 3 is 2.39 bits per heavy atom. The van der Waals surface area contributed by atoms with E-state index in [1.54, 1.807) is 25.3 Å². The molecular formula is C26H22N2O5. The smallest absolute Gasteiger partial charge is 0.282 e. The highest BCUT2D eigenvalue weighted by atomic mass is 16.6. The zero-order valence-electron chi connectivity index (χ0n) is 18.3. The van der Waals surface area contributed by atoms with Crippen LogP contribution in [0.15, 0.2) is 72.4 Å². The van der Waals surface area contributed by atoms with Gasteiger partial charge in [0.25, 0.3) is 11.8 Å². The largest absolute Gasteiger partial charge is 0.495 e. The van der Waals surface area contributed by atoms with Gasteiger partial charge in [0, 0.05) is 6.07 Å². The number of carbonyl (C=O) groups excluding carboxylic acids is 2. The Morgan fingerprint density at radius 2 is 1.64 bits per heavy atom. The molecule has 0 spiro atoms. The quantitative estimate of drug-likeness (QED) is 0.598. The molecule has 5 rings (SSSR count). The van der Waals surface area contributed by atoms with E-state index in [1.807, 2.05) is 55.5 Å². The van der Waals surface area contributed by atoms with Crippen LogP contribution in [-0.2, 0) is 9.59 Å². The maximum atomic E-state index is 13.6. The van der Waals surface area contributed by atoms with Crippen LogP contribution < -0.4 is 24.4 Å². The molecule has 0 aromatic heterocycles. The minimum Gasteiger partial charge on any atom is -0.495 e. The van der Waals surface area contributed by atoms with Crippen molar-refractivity contribution in [1.29, 1.82) is 0 Å². The Labute approximate surface area is 191 Å². The van der Waals surface area contributed by atoms with Crippen LogP contribution in [0, 0.1) is 6.92 Å². The van der Waals surface area contributed by atoms with Crippen LogP contribution >= 0.6 is 0 Å². The average Bonchev–Trinajstić information content (AvgIpc) is 3.08. The van der Waals surface area contributed by atoms with E-state index in [-0.39, 0.29) is 5.70 Å². The molecule has 3 aromatic rings. The maximum absolute atomic E-state index is 13.6. The Kier molecular flexibility index (Phi) is 5.22. The van der Waals surface area contributed by atoms with E-state index < -0.39 is 11.8 Å². The molecule has 2 aliphatic heterocycles. The van der Waals surface area contributed by atoms with Crippen LogP contribution in [-0.4, -0.2) is 32.1 Å². The summed E-state index contributed by atoms with van der Waals surface area (Å²) < 4.78 is 16.7. The number of hydrogen-bond acceptors (Lipinski definition) is 6. The number of aryl methyl sites for hydroxylation is 1. The van der Waals surface area contributed by atoms with Crippen molar-refractivity contribution in [2.24, 2.45) is 0 Å². The third kappa shape index (κ3) is 3.67. The standard InChI is InChI=1S/C26H22N2O5/c1-16-8-10-20(31-2)19(14-16)27-24-23(17-6-4-3-5-7-17)25(29)28(26(24)30)18-9-11-21-22(15-18)33-13-12-32-21/h3-11,14-15,27H,12-13H2,1-2H3. The molecule has 0 aliphatic carbocycles. The summed E-state index contributed by atoms with van der Waals surface area (Å²) >= 11 is 0. The molecule has 33 heavy (non-hydrogen) atoms. The topological polar surface area (TPSA) is 77.1 Å². The fourth-order valence-electron chi connectivity index (χ4n) is 3.98. The van der Waals surface area contributed by atoms with Gasteiger partial charge in [-0.05, 0) is 42.3 Å². The summed E-state index contributed by atoms with van der Waals surface area (Å²) in [5.74, 6) is 0.778. The van der Waals surface area contributed by atoms with E-state index in [0.29, 0.717) is 53.0 Å². The van der Waals surface area contributed by atoms with Crippen molar-refractivity contribution < 1.29 is 23.8 Å². The van der Waals surface area contributed by atoms with Crippen molar-refractivity contribution in [2.45, 2.75) is 6.92 Å². The molecule has 0 fully saturated rings. The van der Waals surface area contributed by atoms with Crippen LogP contribution in [0.3, 0.4) is 0 Å². The molecule has 7 nitrogen and oxygen atoms in total. The third-order valence-corrected chi connectivity index (χ3v) is 5.54. The number of ether oxygens (including phenoxy) is 3. The number of nitrogens with zero attached hydrogens (tertiary/aromatic N) is 1. The molecular weight excluding hydrogens is 420 g/mol. The predicted molar refractivity (Wildman–Crippen MR) is 125 cm³/mol. The zero-order valence-corrected chi connectivity index (χ0v) is 18.3. The average molecular weight is 442 g/mol. The number of methoxy groups -OCH3 is 1. The summed E-state index contributed by atoms with van der Waals surface area (Å²) in [7, 11) is 1.56. The van der Waals surface area contributed by atoms with Gasteiger partial charge in [0.1, 0.15) is 24.7 Å². The van der Waals surface area contributed by atoms with Crippen molar-refractivity contribution >= 4 is 28.8 Å². The van der Waals surface area contributed by atoms with Gasteiger partial charge in [0.15, 0.2) is 11.5 Å². The summed E-state index contributed by atoms with van der Waals surface area (Å²) in [4.78, 5) is 28.4. The van der Waals surface area contributed by atoms with Crippen LogP contribution in [0.1, 0.15) is 11.1 Å². The highest BCUT2D eigenvalue weighted by Gasteiger charge is 2.41. The van der Waals surface area contributed by atoms with E-state index in [4.69, 9.17) is 14.2 Å². The number of anilines is 2. The summed E-state index contributed by atoms with van der Waals surface area (Å²) in [6.45, 7) is 2.81. The molecule has 2 heterocycles. The normalized spacial score (nSPS) is 15.2. The monoisotopic (exact) mass is 442 g/mol. The van der Waals surface area contributed by atoms with Crippen LogP contribution in [0.4, 0.5) is 11.4 Å². The van der Waals surface area contributed by atoms with Gasteiger partial charge in [-0.1, -0.05) is 36.4 Å². The van der Waals surface area contributed by atoms with Crippen molar-refractivity contribution in [3.05, 3.63) is 83.6 Å². The van der Waals surface area contributed by atoms with Gasteiger partial charge in [-0.15, -0.1) is 0 Å². The Bertz CT molecular complexity index is 1280. The fourth-order valence-corrected chi connectivity index (χ4v) is 3.98. The maximum Gasteiger partial charge on any atom is 0.282 e. The number of rotatable bonds is 5. The van der Waals surface area contributed by atoms with Gasteiger partial charge in [-0.25, -0.2) is 4.90 Å². The molecule has 0 radical (unpaired) electrons. The molecule has 0 saturated heterocycles. The number of fused-ring (bicyclic) bond motifs is 1. The van der Waals surface area contributed by atoms with Crippen LogP contribution in [0.5, 0.6) is 17.2 Å². The lowest BCUT2D eigenvalue weighted by atomic mass is 10.0. The van der Waals surface area contributed by atoms with Crippen LogP contribution in [0.2, 0.25) is 0 Å². The van der Waals surface area contributed by atoms with Gasteiger partial charge in [0.2, 0.25) is 0 Å². The van der Waals surface area contributed by atoms with E-state index in [9.17, 15) is 9.59 Å². The Morgan fingerprint density at radius 1 is 0.879 bits per heavy atom. The number of imide groups is 1. The number of hydrogen-bond donors (Lipinski definition) is 1. The van der Waals surface area contributed by atoms with Crippen molar-refractivity contribution in [3.8, 4) is 17.2 Å². The van der Waals surface area contributed by atoms with Gasteiger partial charge in [-0.3, -0.25) is 9.59 Å². The van der Waals surface area contributed by atoms with Crippen molar-refractivity contribution in [2.75, 3.05) is 30.5 Å². The molecule has 166 valence electrons. The molecule has 0 atom stereocenters. The van der Waals surface area contributed by atoms with Gasteiger partial charge in [0.05, 0.1) is 24.1 Å². The second-order valence-electron chi connectivity index (χ2n) is 7.72. The van der Waals surface area contributed by atoms with Crippen molar-refractivity contribution in [1.82, 2.24) is 0 Å². The van der Waals surface area contributed by atoms with Gasteiger partial charge in [-0.2, -0.15) is 0 Å². The molecule has 2 amide bonds. The zero-order chi connectivity index (χ0) is 22.9. The minimum absolute atomic E-state index is 0.185. The van der Waals surface area contributed by atoms with E-state index in [1.165, 1.54) is 0 Å². The molecule has 0 saturated carbocycles. The van der Waals surface area contributed by atoms with E-state index >= 15 is 0 Å². The summed E-state index contributed by atoms with van der Waals surface area (Å²) in [6, 6.07) is 19.8. The first kappa shape index (κ1) is 20.6. The first-order valence-corrected chi connectivity index (χ1v) is 10.6. The summed E-state index contributed by atoms with van der Waals surface area (Å²) in [6.07, 6.45) is 0. The SMILES string of the molecule is COc1ccc(C)cc1NC1=C(c2ccccc2)C(=O)N(c2ccc3c(c2)OCCO3)C1=O. The minimum atomic E-state index is -0.459. The molecule has 3 aromatic carbocycles. The lowest BCUT2D eigenvalue weighted by Crippen LogP contribution is -2.32. The number of nitrogens with one attached hydrogen (secondary N) is 1. The van der Waals surface area contributed by atoms with Crippen LogP contribution in [0.25, 0.3) is 5.57 Å². The fraction of sp³-hybridized carbons (Fsp3) is 0.154. The summed E-state index contributed by atoms with van der Waals surface area (Å²) in [5, 5.41) is 3.18. The second kappa shape index (κ2) is 8.35. The highest BCUT2D eigenvalue weighted by molar-refractivity contribution is 6.46. The Hall–Kier alpha value is -4.26. The number of benzene rings is 3. The molecule has 0 bridgehead atoms. The molecule has 7 heteroatoms. The number of amides is 2. The highest BCUT2D eigenvalue weighted by Crippen LogP contribution is 2.39. The lowest BCUT2D eigenvalue weighted by Gasteiger charge is -2.21. The van der Waals surface area contributed by atoms with Crippen molar-refractivity contribution in [3.63, 3.8) is 0 Å². The first-order chi connectivity index (χ1) is 16.1. The first-order valence-electron chi connectivity index (χ1n) is 10.6. The lowest BCUT2D eigenvalue weighted by molar-refractivity contribution is -0.120. The van der Waals surface area contributed by atoms with E-state index in [2.05, 4.69) is 5.32 Å². The number of carbonyl (C=O) groups is 2. The molecule has 1 N–H and O–H groups in total. The van der Waals surface area contributed by atoms with E-state index in [0.717, 1.165) is 10.5 Å². The van der Waals surface area contributed by atoms with Gasteiger partial charge >= 0.3 is 0 Å². The molecule has 2 aliphatic rings. The summed E-state index contributed by atoms with van der Waals surface area (Å²) in [5.41, 5.74) is 3.12. The molecule has 0 unspecified atom stereocenters. The Balaban J connectivity index is 1.60. The third-order valence-electron chi connectivity index (χ3n) is 5.54.